The maximum atomic E-state index is 12.9. The largest absolute Gasteiger partial charge is 0.493 e. The van der Waals surface area contributed by atoms with Crippen LogP contribution in [0.4, 0.5) is 4.79 Å². The van der Waals surface area contributed by atoms with E-state index in [2.05, 4.69) is 0 Å². The molecule has 2 amide bonds. The molecule has 0 atom stereocenters. The molecule has 12 heteroatoms. The number of rotatable bonds is 7. The lowest BCUT2D eigenvalue weighted by Crippen LogP contribution is -2.27. The average Bonchev–Trinajstić information content (AvgIpc) is 3.10. The zero-order chi connectivity index (χ0) is 26.0. The fourth-order valence-electron chi connectivity index (χ4n) is 3.26. The number of methoxy groups -OCH3 is 1. The molecule has 7 nitrogen and oxygen atoms in total. The second-order valence-corrected chi connectivity index (χ2v) is 11.2. The van der Waals surface area contributed by atoms with Gasteiger partial charge in [-0.3, -0.25) is 14.5 Å². The van der Waals surface area contributed by atoms with E-state index in [1.807, 2.05) is 0 Å². The molecule has 1 heterocycles. The smallest absolute Gasteiger partial charge is 0.339 e. The highest BCUT2D eigenvalue weighted by Crippen LogP contribution is 2.40. The molecule has 0 aliphatic carbocycles. The van der Waals surface area contributed by atoms with E-state index in [0.29, 0.717) is 21.2 Å². The van der Waals surface area contributed by atoms with Crippen LogP contribution in [0.25, 0.3) is 6.08 Å². The number of ether oxygens (including phenoxy) is 1. The van der Waals surface area contributed by atoms with Gasteiger partial charge in [0.2, 0.25) is 5.75 Å². The van der Waals surface area contributed by atoms with Gasteiger partial charge in [0, 0.05) is 0 Å². The summed E-state index contributed by atoms with van der Waals surface area (Å²) in [7, 11) is -2.85. The van der Waals surface area contributed by atoms with Gasteiger partial charge in [0.15, 0.2) is 5.75 Å². The van der Waals surface area contributed by atoms with Gasteiger partial charge in [-0.1, -0.05) is 59.1 Å². The first kappa shape index (κ1) is 26.4. The lowest BCUT2D eigenvalue weighted by molar-refractivity contribution is -0.123. The molecule has 1 aliphatic heterocycles. The molecule has 1 aliphatic rings. The third-order valence-electron chi connectivity index (χ3n) is 4.97. The van der Waals surface area contributed by atoms with Gasteiger partial charge in [-0.05, 0) is 65.4 Å². The molecule has 1 saturated heterocycles. The first-order chi connectivity index (χ1) is 17.1. The minimum Gasteiger partial charge on any atom is -0.493 e. The van der Waals surface area contributed by atoms with Crippen LogP contribution in [0.5, 0.6) is 11.5 Å². The van der Waals surface area contributed by atoms with Gasteiger partial charge < -0.3 is 8.92 Å². The van der Waals surface area contributed by atoms with Crippen LogP contribution in [-0.2, 0) is 21.5 Å². The van der Waals surface area contributed by atoms with Crippen LogP contribution in [0.2, 0.25) is 15.1 Å². The number of thioether (sulfide) groups is 1. The van der Waals surface area contributed by atoms with Crippen LogP contribution in [0.1, 0.15) is 11.1 Å². The summed E-state index contributed by atoms with van der Waals surface area (Å²) in [6.45, 7) is 0.0209. The molecule has 3 aromatic carbocycles. The van der Waals surface area contributed by atoms with Crippen LogP contribution in [0, 0.1) is 0 Å². The maximum Gasteiger partial charge on any atom is 0.339 e. The minimum atomic E-state index is -4.17. The van der Waals surface area contributed by atoms with Crippen LogP contribution in [-0.4, -0.2) is 31.6 Å². The second-order valence-electron chi connectivity index (χ2n) is 7.40. The topological polar surface area (TPSA) is 90.0 Å². The molecule has 0 unspecified atom stereocenters. The van der Waals surface area contributed by atoms with E-state index in [0.717, 1.165) is 16.7 Å². The molecule has 0 saturated carbocycles. The van der Waals surface area contributed by atoms with Crippen molar-refractivity contribution < 1.29 is 26.9 Å². The molecule has 1 fully saturated rings. The molecule has 0 bridgehead atoms. The third-order valence-corrected chi connectivity index (χ3v) is 8.14. The van der Waals surface area contributed by atoms with Gasteiger partial charge in [-0.25, -0.2) is 0 Å². The molecule has 36 heavy (non-hydrogen) atoms. The SMILES string of the molecule is COc1cc(/C=C2\SC(=O)N(Cc3ccc(Cl)c(Cl)c3)C2=O)cc(Cl)c1OS(=O)(=O)c1ccccc1. The molecular formula is C24H16Cl3NO6S2. The fourth-order valence-corrected chi connectivity index (χ4v) is 5.70. The van der Waals surface area contributed by atoms with Crippen molar-refractivity contribution in [3.63, 3.8) is 0 Å². The lowest BCUT2D eigenvalue weighted by atomic mass is 10.1. The molecule has 0 aromatic heterocycles. The average molecular weight is 585 g/mol. The summed E-state index contributed by atoms with van der Waals surface area (Å²) in [6.07, 6.45) is 1.46. The first-order valence-corrected chi connectivity index (χ1v) is 13.5. The highest BCUT2D eigenvalue weighted by Gasteiger charge is 2.35. The molecule has 0 N–H and O–H groups in total. The summed E-state index contributed by atoms with van der Waals surface area (Å²) in [5.74, 6) is -0.672. The summed E-state index contributed by atoms with van der Waals surface area (Å²) in [6, 6.07) is 15.3. The Labute approximate surface area is 226 Å². The zero-order valence-electron chi connectivity index (χ0n) is 18.4. The number of benzene rings is 3. The highest BCUT2D eigenvalue weighted by atomic mass is 35.5. The predicted octanol–water partition coefficient (Wildman–Crippen LogP) is 6.66. The Hall–Kier alpha value is -2.69. The number of carbonyl (C=O) groups is 2. The Morgan fingerprint density at radius 2 is 1.67 bits per heavy atom. The van der Waals surface area contributed by atoms with E-state index in [1.54, 1.807) is 36.4 Å². The number of nitrogens with zero attached hydrogens (tertiary/aromatic N) is 1. The van der Waals surface area contributed by atoms with Gasteiger partial charge >= 0.3 is 10.1 Å². The minimum absolute atomic E-state index is 0.0209. The van der Waals surface area contributed by atoms with Crippen molar-refractivity contribution in [2.24, 2.45) is 0 Å². The van der Waals surface area contributed by atoms with Crippen molar-refractivity contribution in [3.05, 3.63) is 91.8 Å². The molecule has 0 radical (unpaired) electrons. The first-order valence-electron chi connectivity index (χ1n) is 10.2. The molecule has 186 valence electrons. The number of amides is 2. The van der Waals surface area contributed by atoms with Crippen LogP contribution in [0.3, 0.4) is 0 Å². The van der Waals surface area contributed by atoms with Gasteiger partial charge in [0.25, 0.3) is 11.1 Å². The molecule has 3 aromatic rings. The molecular weight excluding hydrogens is 569 g/mol. The summed E-state index contributed by atoms with van der Waals surface area (Å²) >= 11 is 19.0. The van der Waals surface area contributed by atoms with E-state index in [1.165, 1.54) is 37.5 Å². The number of hydrogen-bond donors (Lipinski definition) is 0. The van der Waals surface area contributed by atoms with Crippen LogP contribution in [0.15, 0.2) is 70.5 Å². The van der Waals surface area contributed by atoms with E-state index in [4.69, 9.17) is 43.7 Å². The van der Waals surface area contributed by atoms with E-state index >= 15 is 0 Å². The van der Waals surface area contributed by atoms with Crippen LogP contribution < -0.4 is 8.92 Å². The summed E-state index contributed by atoms with van der Waals surface area (Å²) in [5, 5.41) is 0.165. The Morgan fingerprint density at radius 1 is 0.944 bits per heavy atom. The zero-order valence-corrected chi connectivity index (χ0v) is 22.3. The van der Waals surface area contributed by atoms with E-state index < -0.39 is 21.3 Å². The van der Waals surface area contributed by atoms with Crippen molar-refractivity contribution in [2.45, 2.75) is 11.4 Å². The third kappa shape index (κ3) is 5.66. The van der Waals surface area contributed by atoms with Crippen LogP contribution >= 0.6 is 46.6 Å². The van der Waals surface area contributed by atoms with Crippen molar-refractivity contribution in [1.82, 2.24) is 4.90 Å². The van der Waals surface area contributed by atoms with Crippen molar-refractivity contribution in [1.29, 1.82) is 0 Å². The van der Waals surface area contributed by atoms with E-state index in [-0.39, 0.29) is 32.9 Å². The van der Waals surface area contributed by atoms with Gasteiger partial charge in [0.1, 0.15) is 4.90 Å². The Balaban J connectivity index is 1.59. The van der Waals surface area contributed by atoms with Crippen molar-refractivity contribution >= 4 is 73.9 Å². The highest BCUT2D eigenvalue weighted by molar-refractivity contribution is 8.18. The predicted molar refractivity (Wildman–Crippen MR) is 140 cm³/mol. The monoisotopic (exact) mass is 583 g/mol. The van der Waals surface area contributed by atoms with Gasteiger partial charge in [0.05, 0.1) is 33.6 Å². The van der Waals surface area contributed by atoms with E-state index in [9.17, 15) is 18.0 Å². The number of hydrogen-bond acceptors (Lipinski definition) is 7. The van der Waals surface area contributed by atoms with Crippen molar-refractivity contribution in [2.75, 3.05) is 7.11 Å². The second kappa shape index (κ2) is 10.7. The molecule has 4 rings (SSSR count). The summed E-state index contributed by atoms with van der Waals surface area (Å²) < 4.78 is 35.8. The number of halogens is 3. The Morgan fingerprint density at radius 3 is 2.33 bits per heavy atom. The summed E-state index contributed by atoms with van der Waals surface area (Å²) in [4.78, 5) is 26.6. The quantitative estimate of drug-likeness (QED) is 0.227. The summed E-state index contributed by atoms with van der Waals surface area (Å²) in [5.41, 5.74) is 1.04. The lowest BCUT2D eigenvalue weighted by Gasteiger charge is -2.14. The standard InChI is InChI=1S/C24H16Cl3NO6S2/c1-33-20-11-15(10-19(27)22(20)34-36(31,32)16-5-3-2-4-6-16)12-21-23(29)28(24(30)35-21)13-14-7-8-17(25)18(26)9-14/h2-12H,13H2,1H3/b21-12-. The normalized spacial score (nSPS) is 15.0. The number of carbonyl (C=O) groups excluding carboxylic acids is 2. The number of imide groups is 1. The van der Waals surface area contributed by atoms with Crippen molar-refractivity contribution in [3.8, 4) is 11.5 Å². The Kier molecular flexibility index (Phi) is 7.87. The maximum absolute atomic E-state index is 12.9. The van der Waals surface area contributed by atoms with Gasteiger partial charge in [-0.15, -0.1) is 0 Å². The molecule has 0 spiro atoms. The van der Waals surface area contributed by atoms with Gasteiger partial charge in [-0.2, -0.15) is 8.42 Å². The Bertz CT molecular complexity index is 1490. The fraction of sp³-hybridized carbons (Fsp3) is 0.0833.